The van der Waals surface area contributed by atoms with E-state index < -0.39 is 56.2 Å². The van der Waals surface area contributed by atoms with E-state index in [4.69, 9.17) is 5.14 Å². The highest BCUT2D eigenvalue weighted by molar-refractivity contribution is 8.00. The van der Waals surface area contributed by atoms with Crippen LogP contribution in [0.15, 0.2) is 87.5 Å². The number of aromatic hydroxyl groups is 1. The fourth-order valence-corrected chi connectivity index (χ4v) is 8.64. The lowest BCUT2D eigenvalue weighted by atomic mass is 9.82. The number of benzene rings is 3. The van der Waals surface area contributed by atoms with Gasteiger partial charge in [0.25, 0.3) is 0 Å². The number of carbonyl (C=O) groups excluding carboxylic acids is 3. The van der Waals surface area contributed by atoms with Gasteiger partial charge in [0.2, 0.25) is 27.7 Å². The number of fused-ring (bicyclic) bond motifs is 2. The molecule has 3 heterocycles. The van der Waals surface area contributed by atoms with E-state index in [2.05, 4.69) is 5.32 Å². The first-order valence-corrected chi connectivity index (χ1v) is 16.2. The minimum absolute atomic E-state index is 0.0776. The van der Waals surface area contributed by atoms with Crippen molar-refractivity contribution in [2.45, 2.75) is 34.6 Å². The molecule has 2 aliphatic rings. The van der Waals surface area contributed by atoms with Gasteiger partial charge < -0.3 is 10.4 Å². The summed E-state index contributed by atoms with van der Waals surface area (Å²) in [5.41, 5.74) is 2.09. The number of imide groups is 1. The van der Waals surface area contributed by atoms with Crippen molar-refractivity contribution in [2.24, 2.45) is 11.1 Å². The Bertz CT molecular complexity index is 1950. The van der Waals surface area contributed by atoms with Crippen LogP contribution in [0.4, 0.5) is 11.4 Å². The standard InChI is InChI=1S/C29H24N4O7S3/c1-15-6-10-17(11-7-15)33-26(36)23-22(19-4-2-3-5-20(19)34)25-28(41-24(23)27(33)37)32(29(38)42-25)14-21(35)31-16-8-12-18(13-9-16)43(30,39)40/h2-13,22-24,34H,14H2,1H3,(H,31,35)(H2,30,39,40). The predicted molar refractivity (Wildman–Crippen MR) is 162 cm³/mol. The number of anilines is 2. The molecule has 1 saturated heterocycles. The van der Waals surface area contributed by atoms with Crippen LogP contribution in [0.5, 0.6) is 5.75 Å². The number of amides is 3. The summed E-state index contributed by atoms with van der Waals surface area (Å²) in [4.78, 5) is 55.1. The van der Waals surface area contributed by atoms with Crippen LogP contribution in [0, 0.1) is 12.8 Å². The summed E-state index contributed by atoms with van der Waals surface area (Å²) in [6, 6.07) is 18.8. The second-order valence-electron chi connectivity index (χ2n) is 10.2. The minimum atomic E-state index is -3.91. The number of thiazole rings is 1. The summed E-state index contributed by atoms with van der Waals surface area (Å²) in [6.07, 6.45) is 0. The number of phenolic OH excluding ortho intramolecular Hbond substituents is 1. The van der Waals surface area contributed by atoms with E-state index in [0.29, 0.717) is 26.8 Å². The number of sulfonamides is 1. The average molecular weight is 637 g/mol. The minimum Gasteiger partial charge on any atom is -0.508 e. The molecule has 11 nitrogen and oxygen atoms in total. The molecular weight excluding hydrogens is 613 g/mol. The molecule has 3 unspecified atom stereocenters. The van der Waals surface area contributed by atoms with Crippen LogP contribution in [0.25, 0.3) is 0 Å². The van der Waals surface area contributed by atoms with Gasteiger partial charge in [-0.2, -0.15) is 0 Å². The third-order valence-electron chi connectivity index (χ3n) is 7.38. The van der Waals surface area contributed by atoms with Crippen LogP contribution >= 0.6 is 23.1 Å². The van der Waals surface area contributed by atoms with E-state index >= 15 is 0 Å². The molecule has 2 aliphatic heterocycles. The second-order valence-corrected chi connectivity index (χ2v) is 13.9. The largest absolute Gasteiger partial charge is 0.508 e. The lowest BCUT2D eigenvalue weighted by Gasteiger charge is -2.31. The Morgan fingerprint density at radius 3 is 2.30 bits per heavy atom. The molecule has 0 bridgehead atoms. The molecule has 220 valence electrons. The molecule has 4 N–H and O–H groups in total. The van der Waals surface area contributed by atoms with Gasteiger partial charge in [0, 0.05) is 22.0 Å². The van der Waals surface area contributed by atoms with Crippen molar-refractivity contribution < 1.29 is 27.9 Å². The Morgan fingerprint density at radius 1 is 0.977 bits per heavy atom. The molecule has 0 aliphatic carbocycles. The fourth-order valence-electron chi connectivity index (χ4n) is 5.36. The van der Waals surface area contributed by atoms with Crippen molar-refractivity contribution in [2.75, 3.05) is 10.2 Å². The number of phenols is 1. The number of nitrogens with two attached hydrogens (primary N) is 1. The highest BCUT2D eigenvalue weighted by Crippen LogP contribution is 2.55. The molecule has 4 aromatic rings. The average Bonchev–Trinajstić information content (AvgIpc) is 3.40. The number of hydrogen-bond acceptors (Lipinski definition) is 9. The summed E-state index contributed by atoms with van der Waals surface area (Å²) in [7, 11) is -3.91. The van der Waals surface area contributed by atoms with Crippen LogP contribution < -0.4 is 20.2 Å². The lowest BCUT2D eigenvalue weighted by Crippen LogP contribution is -2.33. The number of primary sulfonamides is 1. The van der Waals surface area contributed by atoms with Crippen LogP contribution in [0.3, 0.4) is 0 Å². The Hall–Kier alpha value is -4.24. The third kappa shape index (κ3) is 5.16. The number of rotatable bonds is 6. The zero-order chi connectivity index (χ0) is 30.6. The van der Waals surface area contributed by atoms with Gasteiger partial charge in [0.1, 0.15) is 17.5 Å². The second kappa shape index (κ2) is 10.8. The predicted octanol–water partition coefficient (Wildman–Crippen LogP) is 3.01. The molecule has 3 aromatic carbocycles. The fraction of sp³-hybridized carbons (Fsp3) is 0.172. The Kier molecular flexibility index (Phi) is 7.24. The molecule has 6 rings (SSSR count). The highest BCUT2D eigenvalue weighted by Gasteiger charge is 2.57. The van der Waals surface area contributed by atoms with Crippen molar-refractivity contribution in [1.82, 2.24) is 4.57 Å². The van der Waals surface area contributed by atoms with E-state index in [0.717, 1.165) is 33.6 Å². The molecule has 3 atom stereocenters. The molecule has 3 amide bonds. The summed E-state index contributed by atoms with van der Waals surface area (Å²) < 4.78 is 24.3. The van der Waals surface area contributed by atoms with Gasteiger partial charge in [-0.3, -0.25) is 23.7 Å². The van der Waals surface area contributed by atoms with Gasteiger partial charge in [0.15, 0.2) is 0 Å². The molecule has 0 spiro atoms. The van der Waals surface area contributed by atoms with Gasteiger partial charge in [-0.25, -0.2) is 18.5 Å². The van der Waals surface area contributed by atoms with Crippen LogP contribution in [0.2, 0.25) is 0 Å². The number of aromatic nitrogens is 1. The van der Waals surface area contributed by atoms with E-state index in [1.807, 2.05) is 6.92 Å². The number of thioether (sulfide) groups is 1. The monoisotopic (exact) mass is 636 g/mol. The first-order valence-electron chi connectivity index (χ1n) is 13.0. The van der Waals surface area contributed by atoms with Gasteiger partial charge in [-0.05, 0) is 49.4 Å². The first-order chi connectivity index (χ1) is 20.4. The molecular formula is C29H24N4O7S3. The molecule has 43 heavy (non-hydrogen) atoms. The van der Waals surface area contributed by atoms with E-state index in [1.54, 1.807) is 42.5 Å². The Balaban J connectivity index is 1.37. The molecule has 14 heteroatoms. The molecule has 1 aromatic heterocycles. The molecule has 1 fully saturated rings. The maximum atomic E-state index is 13.9. The van der Waals surface area contributed by atoms with Gasteiger partial charge in [-0.1, -0.05) is 59.0 Å². The van der Waals surface area contributed by atoms with Crippen LogP contribution in [-0.4, -0.2) is 41.1 Å². The number of para-hydroxylation sites is 1. The summed E-state index contributed by atoms with van der Waals surface area (Å²) in [6.45, 7) is 1.50. The number of carbonyl (C=O) groups is 3. The number of nitrogens with one attached hydrogen (secondary N) is 1. The van der Waals surface area contributed by atoms with Gasteiger partial charge in [0.05, 0.1) is 21.5 Å². The van der Waals surface area contributed by atoms with Crippen molar-refractivity contribution in [1.29, 1.82) is 0 Å². The summed E-state index contributed by atoms with van der Waals surface area (Å²) >= 11 is 1.93. The topological polar surface area (TPSA) is 169 Å². The Labute approximate surface area is 254 Å². The van der Waals surface area contributed by atoms with Crippen molar-refractivity contribution >= 4 is 62.2 Å². The van der Waals surface area contributed by atoms with E-state index in [9.17, 15) is 32.7 Å². The zero-order valence-corrected chi connectivity index (χ0v) is 24.9. The van der Waals surface area contributed by atoms with E-state index in [-0.39, 0.29) is 10.6 Å². The maximum absolute atomic E-state index is 13.9. The molecule has 0 saturated carbocycles. The molecule has 0 radical (unpaired) electrons. The highest BCUT2D eigenvalue weighted by atomic mass is 32.2. The summed E-state index contributed by atoms with van der Waals surface area (Å²) in [5.74, 6) is -3.22. The number of nitrogens with zero attached hydrogens (tertiary/aromatic N) is 2. The van der Waals surface area contributed by atoms with Crippen molar-refractivity contribution in [3.63, 3.8) is 0 Å². The van der Waals surface area contributed by atoms with E-state index in [1.165, 1.54) is 34.9 Å². The van der Waals surface area contributed by atoms with Crippen molar-refractivity contribution in [3.05, 3.63) is 98.5 Å². The van der Waals surface area contributed by atoms with Crippen LogP contribution in [0.1, 0.15) is 21.9 Å². The third-order valence-corrected chi connectivity index (χ3v) is 10.9. The zero-order valence-electron chi connectivity index (χ0n) is 22.5. The maximum Gasteiger partial charge on any atom is 0.308 e. The van der Waals surface area contributed by atoms with Gasteiger partial charge >= 0.3 is 4.87 Å². The summed E-state index contributed by atoms with van der Waals surface area (Å²) in [5, 5.41) is 18.1. The number of aryl methyl sites for hydroxylation is 1. The van der Waals surface area contributed by atoms with Gasteiger partial charge in [-0.15, -0.1) is 0 Å². The number of hydrogen-bond donors (Lipinski definition) is 3. The smallest absolute Gasteiger partial charge is 0.308 e. The normalized spacial score (nSPS) is 19.7. The lowest BCUT2D eigenvalue weighted by molar-refractivity contribution is -0.122. The quantitative estimate of drug-likeness (QED) is 0.271. The van der Waals surface area contributed by atoms with Crippen molar-refractivity contribution in [3.8, 4) is 5.75 Å². The SMILES string of the molecule is Cc1ccc(N2C(=O)C3Sc4c(sc(=O)n4CC(=O)Nc4ccc(S(N)(=O)=O)cc4)C(c4ccccc4O)C3C2=O)cc1. The van der Waals surface area contributed by atoms with Crippen LogP contribution in [-0.2, 0) is 31.0 Å². The first kappa shape index (κ1) is 28.9. The Morgan fingerprint density at radius 2 is 1.65 bits per heavy atom.